The summed E-state index contributed by atoms with van der Waals surface area (Å²) in [5.74, 6) is 0.533. The van der Waals surface area contributed by atoms with Gasteiger partial charge in [-0.05, 0) is 18.6 Å². The van der Waals surface area contributed by atoms with E-state index in [0.717, 1.165) is 16.6 Å². The van der Waals surface area contributed by atoms with Crippen molar-refractivity contribution in [3.05, 3.63) is 41.9 Å². The average Bonchev–Trinajstić information content (AvgIpc) is 2.93. The number of imidazole rings is 1. The normalized spacial score (nSPS) is 11.2. The highest BCUT2D eigenvalue weighted by molar-refractivity contribution is 5.80. The largest absolute Gasteiger partial charge is 0.504 e. The van der Waals surface area contributed by atoms with Crippen LogP contribution in [-0.2, 0) is 6.61 Å². The summed E-state index contributed by atoms with van der Waals surface area (Å²) in [6.45, 7) is 1.65. The van der Waals surface area contributed by atoms with Gasteiger partial charge in [0.15, 0.2) is 11.5 Å². The Balaban J connectivity index is 2.22. The Labute approximate surface area is 103 Å². The molecule has 2 aromatic heterocycles. The maximum atomic E-state index is 9.57. The fourth-order valence-electron chi connectivity index (χ4n) is 2.00. The van der Waals surface area contributed by atoms with Crippen LogP contribution in [0.1, 0.15) is 11.3 Å². The molecule has 0 saturated heterocycles. The summed E-state index contributed by atoms with van der Waals surface area (Å²) in [7, 11) is 0. The van der Waals surface area contributed by atoms with Gasteiger partial charge in [0.05, 0.1) is 11.0 Å². The fraction of sp³-hybridized carbons (Fsp3) is 0.154. The van der Waals surface area contributed by atoms with Gasteiger partial charge in [-0.1, -0.05) is 12.1 Å². The Hall–Kier alpha value is -2.27. The molecule has 0 fully saturated rings. The van der Waals surface area contributed by atoms with Crippen LogP contribution in [0.25, 0.3) is 16.9 Å². The molecule has 92 valence electrons. The molecule has 5 heteroatoms. The first-order chi connectivity index (χ1) is 8.70. The molecule has 0 bridgehead atoms. The van der Waals surface area contributed by atoms with Crippen molar-refractivity contribution in [2.45, 2.75) is 13.5 Å². The van der Waals surface area contributed by atoms with Crippen LogP contribution in [-0.4, -0.2) is 19.8 Å². The van der Waals surface area contributed by atoms with Crippen LogP contribution in [0.3, 0.4) is 0 Å². The number of rotatable bonds is 2. The van der Waals surface area contributed by atoms with Crippen molar-refractivity contribution in [3.8, 4) is 11.6 Å². The summed E-state index contributed by atoms with van der Waals surface area (Å²) in [5.41, 5.74) is 2.86. The number of furan rings is 1. The predicted molar refractivity (Wildman–Crippen MR) is 65.7 cm³/mol. The van der Waals surface area contributed by atoms with Crippen LogP contribution in [0.5, 0.6) is 5.75 Å². The van der Waals surface area contributed by atoms with Gasteiger partial charge in [0.2, 0.25) is 5.88 Å². The van der Waals surface area contributed by atoms with Crippen molar-refractivity contribution < 1.29 is 14.6 Å². The molecule has 0 amide bonds. The van der Waals surface area contributed by atoms with Crippen molar-refractivity contribution in [2.75, 3.05) is 0 Å². The second kappa shape index (κ2) is 3.89. The summed E-state index contributed by atoms with van der Waals surface area (Å²) in [5, 5.41) is 18.6. The lowest BCUT2D eigenvalue weighted by atomic mass is 10.2. The van der Waals surface area contributed by atoms with Crippen LogP contribution in [0.15, 0.2) is 35.0 Å². The van der Waals surface area contributed by atoms with Crippen LogP contribution in [0, 0.1) is 6.92 Å². The number of aliphatic hydroxyl groups excluding tert-OH is 1. The molecule has 0 radical (unpaired) electrons. The second-order valence-electron chi connectivity index (χ2n) is 4.11. The molecule has 2 N–H and O–H groups in total. The molecule has 0 saturated carbocycles. The average molecular weight is 244 g/mol. The topological polar surface area (TPSA) is 71.4 Å². The van der Waals surface area contributed by atoms with Gasteiger partial charge in [-0.25, -0.2) is 4.98 Å². The summed E-state index contributed by atoms with van der Waals surface area (Å²) in [6, 6.07) is 7.31. The van der Waals surface area contributed by atoms with Gasteiger partial charge in [-0.15, -0.1) is 0 Å². The molecular formula is C13H12N2O3. The van der Waals surface area contributed by atoms with Crippen LogP contribution in [0.4, 0.5) is 0 Å². The van der Waals surface area contributed by atoms with Crippen molar-refractivity contribution in [1.82, 2.24) is 9.55 Å². The number of aromatic hydroxyl groups is 1. The number of para-hydroxylation sites is 1. The van der Waals surface area contributed by atoms with E-state index in [9.17, 15) is 5.11 Å². The van der Waals surface area contributed by atoms with Gasteiger partial charge in [-0.2, -0.15) is 0 Å². The Morgan fingerprint density at radius 2 is 2.22 bits per heavy atom. The Kier molecular flexibility index (Phi) is 2.34. The van der Waals surface area contributed by atoms with Gasteiger partial charge in [-0.3, -0.25) is 4.57 Å². The lowest BCUT2D eigenvalue weighted by Crippen LogP contribution is -1.89. The number of aliphatic hydroxyl groups is 1. The SMILES string of the molecule is Cc1cccc2c1ncn2-c1cc(O)c(CO)o1. The third-order valence-corrected chi connectivity index (χ3v) is 2.93. The van der Waals surface area contributed by atoms with Gasteiger partial charge < -0.3 is 14.6 Å². The summed E-state index contributed by atoms with van der Waals surface area (Å²) < 4.78 is 7.12. The number of fused-ring (bicyclic) bond motifs is 1. The van der Waals surface area contributed by atoms with E-state index in [1.807, 2.05) is 25.1 Å². The van der Waals surface area contributed by atoms with Crippen LogP contribution < -0.4 is 0 Å². The third kappa shape index (κ3) is 1.48. The zero-order chi connectivity index (χ0) is 12.7. The Morgan fingerprint density at radius 1 is 1.39 bits per heavy atom. The second-order valence-corrected chi connectivity index (χ2v) is 4.11. The van der Waals surface area contributed by atoms with Crippen LogP contribution >= 0.6 is 0 Å². The first kappa shape index (κ1) is 10.9. The minimum Gasteiger partial charge on any atom is -0.504 e. The standard InChI is InChI=1S/C13H12N2O3/c1-8-3-2-4-9-13(8)14-7-15(9)12-5-10(17)11(6-16)18-12/h2-5,7,16-17H,6H2,1H3. The molecule has 0 aliphatic carbocycles. The maximum absolute atomic E-state index is 9.57. The zero-order valence-corrected chi connectivity index (χ0v) is 9.79. The van der Waals surface area contributed by atoms with E-state index in [2.05, 4.69) is 4.98 Å². The maximum Gasteiger partial charge on any atom is 0.209 e. The molecule has 0 aliphatic heterocycles. The van der Waals surface area contributed by atoms with Crippen molar-refractivity contribution >= 4 is 11.0 Å². The molecule has 3 rings (SSSR count). The molecule has 3 aromatic rings. The number of nitrogens with zero attached hydrogens (tertiary/aromatic N) is 2. The molecule has 18 heavy (non-hydrogen) atoms. The van der Waals surface area contributed by atoms with E-state index in [-0.39, 0.29) is 18.1 Å². The molecule has 5 nitrogen and oxygen atoms in total. The van der Waals surface area contributed by atoms with Gasteiger partial charge in [0.25, 0.3) is 0 Å². The number of hydrogen-bond acceptors (Lipinski definition) is 4. The van der Waals surface area contributed by atoms with Crippen molar-refractivity contribution in [1.29, 1.82) is 0 Å². The molecular weight excluding hydrogens is 232 g/mol. The van der Waals surface area contributed by atoms with E-state index in [1.165, 1.54) is 6.07 Å². The van der Waals surface area contributed by atoms with Gasteiger partial charge in [0, 0.05) is 6.07 Å². The summed E-state index contributed by atoms with van der Waals surface area (Å²) >= 11 is 0. The quantitative estimate of drug-likeness (QED) is 0.724. The highest BCUT2D eigenvalue weighted by Gasteiger charge is 2.13. The minimum absolute atomic E-state index is 0.0537. The van der Waals surface area contributed by atoms with Gasteiger partial charge in [0.1, 0.15) is 12.9 Å². The van der Waals surface area contributed by atoms with Crippen LogP contribution in [0.2, 0.25) is 0 Å². The van der Waals surface area contributed by atoms with E-state index in [4.69, 9.17) is 9.52 Å². The predicted octanol–water partition coefficient (Wildman–Crippen LogP) is 2.12. The monoisotopic (exact) mass is 244 g/mol. The van der Waals surface area contributed by atoms with E-state index in [0.29, 0.717) is 5.88 Å². The number of hydrogen-bond donors (Lipinski definition) is 2. The zero-order valence-electron chi connectivity index (χ0n) is 9.79. The van der Waals surface area contributed by atoms with E-state index >= 15 is 0 Å². The number of aromatic nitrogens is 2. The molecule has 2 heterocycles. The number of aryl methyl sites for hydroxylation is 1. The number of benzene rings is 1. The Morgan fingerprint density at radius 3 is 2.94 bits per heavy atom. The van der Waals surface area contributed by atoms with Crippen molar-refractivity contribution in [2.24, 2.45) is 0 Å². The van der Waals surface area contributed by atoms with E-state index < -0.39 is 0 Å². The highest BCUT2D eigenvalue weighted by atomic mass is 16.4. The highest BCUT2D eigenvalue weighted by Crippen LogP contribution is 2.27. The lowest BCUT2D eigenvalue weighted by Gasteiger charge is -1.99. The van der Waals surface area contributed by atoms with E-state index in [1.54, 1.807) is 10.9 Å². The van der Waals surface area contributed by atoms with Crippen molar-refractivity contribution in [3.63, 3.8) is 0 Å². The smallest absolute Gasteiger partial charge is 0.209 e. The molecule has 0 unspecified atom stereocenters. The first-order valence-electron chi connectivity index (χ1n) is 5.56. The molecule has 0 aliphatic rings. The summed E-state index contributed by atoms with van der Waals surface area (Å²) in [6.07, 6.45) is 1.64. The Bertz CT molecular complexity index is 712. The third-order valence-electron chi connectivity index (χ3n) is 2.93. The lowest BCUT2D eigenvalue weighted by molar-refractivity contribution is 0.239. The van der Waals surface area contributed by atoms with Gasteiger partial charge >= 0.3 is 0 Å². The fourth-order valence-corrected chi connectivity index (χ4v) is 2.00. The molecule has 0 atom stereocenters. The molecule has 1 aromatic carbocycles. The minimum atomic E-state index is -0.336. The first-order valence-corrected chi connectivity index (χ1v) is 5.56. The summed E-state index contributed by atoms with van der Waals surface area (Å²) in [4.78, 5) is 4.32. The molecule has 0 spiro atoms.